The Labute approximate surface area is 144 Å². The molecule has 1 heterocycles. The van der Waals surface area contributed by atoms with Gasteiger partial charge in [-0.2, -0.15) is 0 Å². The van der Waals surface area contributed by atoms with Crippen LogP contribution in [0, 0.1) is 0 Å². The van der Waals surface area contributed by atoms with Gasteiger partial charge in [0.1, 0.15) is 5.75 Å². The molecule has 134 valence electrons. The number of benzene rings is 1. The maximum absolute atomic E-state index is 12.1. The van der Waals surface area contributed by atoms with Gasteiger partial charge in [0.15, 0.2) is 0 Å². The molecule has 0 aliphatic carbocycles. The molecule has 0 saturated carbocycles. The van der Waals surface area contributed by atoms with Crippen LogP contribution in [-0.2, 0) is 6.54 Å². The van der Waals surface area contributed by atoms with Crippen molar-refractivity contribution in [1.29, 1.82) is 0 Å². The van der Waals surface area contributed by atoms with E-state index in [0.717, 1.165) is 31.5 Å². The Kier molecular flexibility index (Phi) is 7.34. The molecular formula is C18H29N3O3. The van der Waals surface area contributed by atoms with Crippen LogP contribution in [0.1, 0.15) is 31.2 Å². The van der Waals surface area contributed by atoms with Crippen LogP contribution >= 0.6 is 0 Å². The standard InChI is InChI=1S/C18H29N3O3/c1-20(13-15-6-4-8-17(23)12-15)18(24)19-9-5-11-21-10-3-2-7-16(21)14-22/h4,6,8,12,16,22-23H,2-3,5,7,9-11,13-14H2,1H3,(H,19,24). The molecule has 0 spiro atoms. The van der Waals surface area contributed by atoms with Crippen LogP contribution in [-0.4, -0.2) is 65.4 Å². The number of aromatic hydroxyl groups is 1. The summed E-state index contributed by atoms with van der Waals surface area (Å²) in [6, 6.07) is 7.10. The Morgan fingerprint density at radius 3 is 3.00 bits per heavy atom. The maximum Gasteiger partial charge on any atom is 0.317 e. The van der Waals surface area contributed by atoms with E-state index in [-0.39, 0.29) is 24.4 Å². The molecule has 6 nitrogen and oxygen atoms in total. The Hall–Kier alpha value is -1.79. The highest BCUT2D eigenvalue weighted by atomic mass is 16.3. The molecule has 6 heteroatoms. The Balaban J connectivity index is 1.67. The normalized spacial score (nSPS) is 18.3. The molecule has 2 rings (SSSR count). The van der Waals surface area contributed by atoms with Crippen LogP contribution in [0.15, 0.2) is 24.3 Å². The van der Waals surface area contributed by atoms with Crippen LogP contribution in [0.25, 0.3) is 0 Å². The lowest BCUT2D eigenvalue weighted by molar-refractivity contribution is 0.0893. The molecule has 0 aromatic heterocycles. The van der Waals surface area contributed by atoms with Gasteiger partial charge in [-0.1, -0.05) is 18.6 Å². The van der Waals surface area contributed by atoms with E-state index in [0.29, 0.717) is 13.1 Å². The van der Waals surface area contributed by atoms with Gasteiger partial charge in [-0.15, -0.1) is 0 Å². The zero-order valence-corrected chi connectivity index (χ0v) is 14.4. The molecule has 1 aliphatic rings. The second kappa shape index (κ2) is 9.49. The fourth-order valence-corrected chi connectivity index (χ4v) is 3.17. The molecule has 2 amide bonds. The molecular weight excluding hydrogens is 306 g/mol. The highest BCUT2D eigenvalue weighted by Crippen LogP contribution is 2.16. The van der Waals surface area contributed by atoms with Crippen molar-refractivity contribution in [3.05, 3.63) is 29.8 Å². The van der Waals surface area contributed by atoms with E-state index in [4.69, 9.17) is 0 Å². The van der Waals surface area contributed by atoms with Crippen molar-refractivity contribution in [2.24, 2.45) is 0 Å². The van der Waals surface area contributed by atoms with Gasteiger partial charge in [0, 0.05) is 32.7 Å². The van der Waals surface area contributed by atoms with E-state index in [9.17, 15) is 15.0 Å². The number of carbonyl (C=O) groups is 1. The molecule has 1 aromatic carbocycles. The minimum Gasteiger partial charge on any atom is -0.508 e. The number of aliphatic hydroxyl groups is 1. The summed E-state index contributed by atoms with van der Waals surface area (Å²) in [7, 11) is 1.74. The summed E-state index contributed by atoms with van der Waals surface area (Å²) in [6.07, 6.45) is 4.32. The third-order valence-electron chi connectivity index (χ3n) is 4.54. The highest BCUT2D eigenvalue weighted by Gasteiger charge is 2.20. The van der Waals surface area contributed by atoms with E-state index in [1.165, 1.54) is 12.8 Å². The Morgan fingerprint density at radius 2 is 2.25 bits per heavy atom. The number of aliphatic hydroxyl groups excluding tert-OH is 1. The number of likely N-dealkylation sites (tertiary alicyclic amines) is 1. The van der Waals surface area contributed by atoms with E-state index in [1.807, 2.05) is 6.07 Å². The number of urea groups is 1. The molecule has 0 radical (unpaired) electrons. The lowest BCUT2D eigenvalue weighted by Crippen LogP contribution is -2.43. The number of nitrogens with zero attached hydrogens (tertiary/aromatic N) is 2. The molecule has 1 aliphatic heterocycles. The number of piperidine rings is 1. The van der Waals surface area contributed by atoms with Crippen molar-refractivity contribution in [3.8, 4) is 5.75 Å². The summed E-state index contributed by atoms with van der Waals surface area (Å²) in [4.78, 5) is 16.0. The molecule has 1 atom stereocenters. The summed E-state index contributed by atoms with van der Waals surface area (Å²) < 4.78 is 0. The van der Waals surface area contributed by atoms with Crippen molar-refractivity contribution in [1.82, 2.24) is 15.1 Å². The predicted molar refractivity (Wildman–Crippen MR) is 93.9 cm³/mol. The molecule has 1 aromatic rings. The van der Waals surface area contributed by atoms with E-state index >= 15 is 0 Å². The minimum atomic E-state index is -0.115. The first-order valence-corrected chi connectivity index (χ1v) is 8.72. The summed E-state index contributed by atoms with van der Waals surface area (Å²) in [5.41, 5.74) is 0.895. The quantitative estimate of drug-likeness (QED) is 0.664. The van der Waals surface area contributed by atoms with E-state index in [2.05, 4.69) is 10.2 Å². The lowest BCUT2D eigenvalue weighted by atomic mass is 10.0. The highest BCUT2D eigenvalue weighted by molar-refractivity contribution is 5.73. The van der Waals surface area contributed by atoms with E-state index in [1.54, 1.807) is 30.1 Å². The first-order chi connectivity index (χ1) is 11.6. The molecule has 3 N–H and O–H groups in total. The molecule has 0 bridgehead atoms. The van der Waals surface area contributed by atoms with Crippen LogP contribution in [0.4, 0.5) is 4.79 Å². The predicted octanol–water partition coefficient (Wildman–Crippen LogP) is 1.77. The number of nitrogens with one attached hydrogen (secondary N) is 1. The molecule has 1 unspecified atom stereocenters. The van der Waals surface area contributed by atoms with Gasteiger partial charge < -0.3 is 20.4 Å². The average molecular weight is 335 g/mol. The zero-order chi connectivity index (χ0) is 17.4. The van der Waals surface area contributed by atoms with E-state index < -0.39 is 0 Å². The SMILES string of the molecule is CN(Cc1cccc(O)c1)C(=O)NCCCN1CCCCC1CO. The number of carbonyl (C=O) groups excluding carboxylic acids is 1. The summed E-state index contributed by atoms with van der Waals surface area (Å²) in [6.45, 7) is 3.24. The second-order valence-electron chi connectivity index (χ2n) is 6.48. The van der Waals surface area contributed by atoms with Crippen molar-refractivity contribution in [2.75, 3.05) is 33.3 Å². The van der Waals surface area contributed by atoms with Crippen molar-refractivity contribution in [3.63, 3.8) is 0 Å². The lowest BCUT2D eigenvalue weighted by Gasteiger charge is -2.34. The number of phenols is 1. The Bertz CT molecular complexity index is 524. The minimum absolute atomic E-state index is 0.115. The first kappa shape index (κ1) is 18.5. The molecule has 1 fully saturated rings. The van der Waals surface area contributed by atoms with Gasteiger partial charge in [-0.25, -0.2) is 4.79 Å². The van der Waals surface area contributed by atoms with Crippen LogP contribution in [0.5, 0.6) is 5.75 Å². The summed E-state index contributed by atoms with van der Waals surface area (Å²) >= 11 is 0. The summed E-state index contributed by atoms with van der Waals surface area (Å²) in [5.74, 6) is 0.210. The summed E-state index contributed by atoms with van der Waals surface area (Å²) in [5, 5.41) is 21.8. The largest absolute Gasteiger partial charge is 0.508 e. The number of hydrogen-bond donors (Lipinski definition) is 3. The van der Waals surface area contributed by atoms with Crippen molar-refractivity contribution in [2.45, 2.75) is 38.3 Å². The topological polar surface area (TPSA) is 76.0 Å². The maximum atomic E-state index is 12.1. The number of phenolic OH excluding ortho intramolecular Hbond substituents is 1. The van der Waals surface area contributed by atoms with Gasteiger partial charge in [0.05, 0.1) is 6.61 Å². The average Bonchev–Trinajstić information content (AvgIpc) is 2.58. The van der Waals surface area contributed by atoms with Crippen molar-refractivity contribution >= 4 is 6.03 Å². The number of hydrogen-bond acceptors (Lipinski definition) is 4. The zero-order valence-electron chi connectivity index (χ0n) is 14.4. The fraction of sp³-hybridized carbons (Fsp3) is 0.611. The smallest absolute Gasteiger partial charge is 0.317 e. The first-order valence-electron chi connectivity index (χ1n) is 8.72. The van der Waals surface area contributed by atoms with Crippen LogP contribution < -0.4 is 5.32 Å². The second-order valence-corrected chi connectivity index (χ2v) is 6.48. The van der Waals surface area contributed by atoms with Gasteiger partial charge >= 0.3 is 6.03 Å². The number of amides is 2. The van der Waals surface area contributed by atoms with Gasteiger partial charge in [0.25, 0.3) is 0 Å². The van der Waals surface area contributed by atoms with Crippen LogP contribution in [0.2, 0.25) is 0 Å². The molecule has 1 saturated heterocycles. The fourth-order valence-electron chi connectivity index (χ4n) is 3.17. The monoisotopic (exact) mass is 335 g/mol. The molecule has 24 heavy (non-hydrogen) atoms. The van der Waals surface area contributed by atoms with Gasteiger partial charge in [-0.3, -0.25) is 4.90 Å². The van der Waals surface area contributed by atoms with Crippen molar-refractivity contribution < 1.29 is 15.0 Å². The van der Waals surface area contributed by atoms with Gasteiger partial charge in [0.2, 0.25) is 0 Å². The Morgan fingerprint density at radius 1 is 1.42 bits per heavy atom. The van der Waals surface area contributed by atoms with Crippen LogP contribution in [0.3, 0.4) is 0 Å². The third kappa shape index (κ3) is 5.69. The number of rotatable bonds is 7. The van der Waals surface area contributed by atoms with Gasteiger partial charge in [-0.05, 0) is 43.5 Å². The third-order valence-corrected chi connectivity index (χ3v) is 4.54.